The van der Waals surface area contributed by atoms with Gasteiger partial charge in [0, 0.05) is 0 Å². The third-order valence-corrected chi connectivity index (χ3v) is 6.71. The van der Waals surface area contributed by atoms with Crippen LogP contribution in [0.3, 0.4) is 0 Å². The van der Waals surface area contributed by atoms with Crippen LogP contribution in [0.2, 0.25) is 0 Å². The Balaban J connectivity index is 2.00. The van der Waals surface area contributed by atoms with Gasteiger partial charge in [0.1, 0.15) is 0 Å². The molecule has 2 aliphatic carbocycles. The van der Waals surface area contributed by atoms with Gasteiger partial charge in [0.25, 0.3) is 0 Å². The Morgan fingerprint density at radius 1 is 0.714 bits per heavy atom. The van der Waals surface area contributed by atoms with Gasteiger partial charge in [-0.15, -0.1) is 0 Å². The zero-order valence-corrected chi connectivity index (χ0v) is 14.9. The molecule has 0 aliphatic heterocycles. The molecule has 2 aliphatic rings. The minimum absolute atomic E-state index is 1.04. The molecule has 3 atom stereocenters. The van der Waals surface area contributed by atoms with Crippen LogP contribution in [0.1, 0.15) is 110 Å². The van der Waals surface area contributed by atoms with Crippen LogP contribution in [-0.4, -0.2) is 0 Å². The summed E-state index contributed by atoms with van der Waals surface area (Å²) in [6.45, 7) is 4.79. The predicted molar refractivity (Wildman–Crippen MR) is 94.6 cm³/mol. The van der Waals surface area contributed by atoms with Crippen LogP contribution in [0.15, 0.2) is 0 Å². The lowest BCUT2D eigenvalue weighted by molar-refractivity contribution is 0.145. The Bertz CT molecular complexity index is 251. The number of rotatable bonds is 5. The summed E-state index contributed by atoms with van der Waals surface area (Å²) >= 11 is 0. The molecule has 3 unspecified atom stereocenters. The fourth-order valence-electron chi connectivity index (χ4n) is 5.27. The van der Waals surface area contributed by atoms with E-state index in [0.717, 1.165) is 23.7 Å². The molecule has 0 heteroatoms. The van der Waals surface area contributed by atoms with Crippen molar-refractivity contribution in [2.24, 2.45) is 23.7 Å². The Kier molecular flexibility index (Phi) is 8.19. The maximum absolute atomic E-state index is 2.42. The van der Waals surface area contributed by atoms with Crippen molar-refractivity contribution in [1.82, 2.24) is 0 Å². The monoisotopic (exact) mass is 292 g/mol. The molecule has 2 rings (SSSR count). The smallest absolute Gasteiger partial charge is 0.0357 e. The van der Waals surface area contributed by atoms with Gasteiger partial charge in [-0.05, 0) is 36.5 Å². The highest BCUT2D eigenvalue weighted by atomic mass is 14.4. The molecule has 0 saturated heterocycles. The van der Waals surface area contributed by atoms with E-state index in [1.807, 2.05) is 0 Å². The minimum atomic E-state index is 1.04. The molecule has 0 spiro atoms. The molecular formula is C21H40. The predicted octanol–water partition coefficient (Wildman–Crippen LogP) is 7.37. The molecule has 0 radical (unpaired) electrons. The van der Waals surface area contributed by atoms with Crippen molar-refractivity contribution >= 4 is 0 Å². The first-order valence-electron chi connectivity index (χ1n) is 10.3. The van der Waals surface area contributed by atoms with Crippen molar-refractivity contribution in [2.45, 2.75) is 110 Å². The van der Waals surface area contributed by atoms with Crippen LogP contribution >= 0.6 is 0 Å². The van der Waals surface area contributed by atoms with Crippen LogP contribution in [0.25, 0.3) is 0 Å². The fraction of sp³-hybridized carbons (Fsp3) is 1.00. The number of unbranched alkanes of at least 4 members (excludes halogenated alkanes) is 1. The quantitative estimate of drug-likeness (QED) is 0.496. The summed E-state index contributed by atoms with van der Waals surface area (Å²) < 4.78 is 0. The van der Waals surface area contributed by atoms with E-state index in [1.165, 1.54) is 70.6 Å². The lowest BCUT2D eigenvalue weighted by Crippen LogP contribution is -2.26. The van der Waals surface area contributed by atoms with Crippen molar-refractivity contribution in [3.05, 3.63) is 0 Å². The minimum Gasteiger partial charge on any atom is -0.0654 e. The zero-order chi connectivity index (χ0) is 14.9. The highest BCUT2D eigenvalue weighted by Gasteiger charge is 2.30. The van der Waals surface area contributed by atoms with Crippen molar-refractivity contribution in [3.8, 4) is 0 Å². The third kappa shape index (κ3) is 5.61. The van der Waals surface area contributed by atoms with E-state index >= 15 is 0 Å². The summed E-state index contributed by atoms with van der Waals surface area (Å²) in [7, 11) is 0. The molecule has 0 heterocycles. The highest BCUT2D eigenvalue weighted by molar-refractivity contribution is 4.82. The van der Waals surface area contributed by atoms with Crippen LogP contribution in [0, 0.1) is 23.7 Å². The lowest BCUT2D eigenvalue weighted by Gasteiger charge is -2.36. The Morgan fingerprint density at radius 3 is 2.14 bits per heavy atom. The average molecular weight is 293 g/mol. The maximum Gasteiger partial charge on any atom is -0.0357 e. The van der Waals surface area contributed by atoms with E-state index in [4.69, 9.17) is 0 Å². The number of hydrogen-bond acceptors (Lipinski definition) is 0. The van der Waals surface area contributed by atoms with Gasteiger partial charge in [0.15, 0.2) is 0 Å². The normalized spacial score (nSPS) is 33.1. The topological polar surface area (TPSA) is 0 Å². The fourth-order valence-corrected chi connectivity index (χ4v) is 5.27. The Labute approximate surface area is 134 Å². The molecule has 21 heavy (non-hydrogen) atoms. The second-order valence-electron chi connectivity index (χ2n) is 8.10. The molecule has 0 aromatic heterocycles. The first-order chi connectivity index (χ1) is 10.3. The van der Waals surface area contributed by atoms with Crippen LogP contribution in [-0.2, 0) is 0 Å². The first kappa shape index (κ1) is 17.4. The molecule has 124 valence electrons. The molecule has 0 aromatic rings. The first-order valence-corrected chi connectivity index (χ1v) is 10.3. The molecule has 2 fully saturated rings. The van der Waals surface area contributed by atoms with E-state index in [-0.39, 0.29) is 0 Å². The van der Waals surface area contributed by atoms with Gasteiger partial charge >= 0.3 is 0 Å². The lowest BCUT2D eigenvalue weighted by atomic mass is 9.69. The molecule has 0 amide bonds. The van der Waals surface area contributed by atoms with Crippen molar-refractivity contribution in [3.63, 3.8) is 0 Å². The van der Waals surface area contributed by atoms with Gasteiger partial charge in [-0.2, -0.15) is 0 Å². The van der Waals surface area contributed by atoms with Gasteiger partial charge in [0.2, 0.25) is 0 Å². The molecule has 2 saturated carbocycles. The molecule has 0 bridgehead atoms. The summed E-state index contributed by atoms with van der Waals surface area (Å²) in [4.78, 5) is 0. The van der Waals surface area contributed by atoms with E-state index in [1.54, 1.807) is 25.7 Å². The van der Waals surface area contributed by atoms with Crippen molar-refractivity contribution in [1.29, 1.82) is 0 Å². The Hall–Kier alpha value is 0. The molecule has 0 aromatic carbocycles. The van der Waals surface area contributed by atoms with Crippen LogP contribution in [0.5, 0.6) is 0 Å². The third-order valence-electron chi connectivity index (χ3n) is 6.71. The zero-order valence-electron chi connectivity index (χ0n) is 14.9. The van der Waals surface area contributed by atoms with E-state index in [2.05, 4.69) is 13.8 Å². The van der Waals surface area contributed by atoms with Crippen molar-refractivity contribution < 1.29 is 0 Å². The van der Waals surface area contributed by atoms with Gasteiger partial charge in [0.05, 0.1) is 0 Å². The maximum atomic E-state index is 2.42. The summed E-state index contributed by atoms with van der Waals surface area (Å²) in [5, 5.41) is 0. The summed E-state index contributed by atoms with van der Waals surface area (Å²) in [6.07, 6.45) is 22.7. The largest absolute Gasteiger partial charge is 0.0654 e. The van der Waals surface area contributed by atoms with Gasteiger partial charge < -0.3 is 0 Å². The van der Waals surface area contributed by atoms with E-state index in [0.29, 0.717) is 0 Å². The second kappa shape index (κ2) is 9.90. The standard InChI is InChI=1S/C21H40/c1-3-5-12-20-17-16-18(4-2)11-9-10-15-21(20)19-13-7-6-8-14-19/h18-21H,3-17H2,1-2H3. The SMILES string of the molecule is CCCCC1CCC(CC)CCCCC1C1CCCCC1. The summed E-state index contributed by atoms with van der Waals surface area (Å²) in [5.41, 5.74) is 0. The second-order valence-corrected chi connectivity index (χ2v) is 8.10. The molecule has 0 nitrogen and oxygen atoms in total. The van der Waals surface area contributed by atoms with Crippen molar-refractivity contribution in [2.75, 3.05) is 0 Å². The Morgan fingerprint density at radius 2 is 1.43 bits per heavy atom. The number of hydrogen-bond donors (Lipinski definition) is 0. The summed E-state index contributed by atoms with van der Waals surface area (Å²) in [5.74, 6) is 4.30. The van der Waals surface area contributed by atoms with E-state index in [9.17, 15) is 0 Å². The molecule has 0 N–H and O–H groups in total. The van der Waals surface area contributed by atoms with E-state index < -0.39 is 0 Å². The highest BCUT2D eigenvalue weighted by Crippen LogP contribution is 2.42. The van der Waals surface area contributed by atoms with Gasteiger partial charge in [-0.3, -0.25) is 0 Å². The molecular weight excluding hydrogens is 252 g/mol. The van der Waals surface area contributed by atoms with Gasteiger partial charge in [-0.25, -0.2) is 0 Å². The van der Waals surface area contributed by atoms with Gasteiger partial charge in [-0.1, -0.05) is 97.3 Å². The van der Waals surface area contributed by atoms with Crippen LogP contribution < -0.4 is 0 Å². The average Bonchev–Trinajstić information content (AvgIpc) is 2.64. The summed E-state index contributed by atoms with van der Waals surface area (Å²) in [6, 6.07) is 0. The van der Waals surface area contributed by atoms with Crippen LogP contribution in [0.4, 0.5) is 0 Å².